The van der Waals surface area contributed by atoms with E-state index >= 15 is 0 Å². The highest BCUT2D eigenvalue weighted by Gasteiger charge is 2.45. The van der Waals surface area contributed by atoms with Gasteiger partial charge in [0.2, 0.25) is 0 Å². The van der Waals surface area contributed by atoms with Crippen molar-refractivity contribution in [3.63, 3.8) is 0 Å². The van der Waals surface area contributed by atoms with Crippen molar-refractivity contribution in [3.05, 3.63) is 0 Å². The third-order valence-corrected chi connectivity index (χ3v) is 5.86. The fourth-order valence-corrected chi connectivity index (χ4v) is 5.09. The highest BCUT2D eigenvalue weighted by molar-refractivity contribution is 4.96. The molecule has 20 heavy (non-hydrogen) atoms. The molecule has 2 aliphatic rings. The second-order valence-electron chi connectivity index (χ2n) is 7.57. The Hall–Kier alpha value is -0.0800. The van der Waals surface area contributed by atoms with Crippen molar-refractivity contribution in [1.29, 1.82) is 0 Å². The van der Waals surface area contributed by atoms with Crippen LogP contribution in [0.4, 0.5) is 0 Å². The Labute approximate surface area is 126 Å². The molecule has 0 unspecified atom stereocenters. The quantitative estimate of drug-likeness (QED) is 0.718. The number of ether oxygens (including phenoxy) is 1. The van der Waals surface area contributed by atoms with Crippen LogP contribution in [0.1, 0.15) is 64.2 Å². The summed E-state index contributed by atoms with van der Waals surface area (Å²) in [5.74, 6) is 1.78. The molecule has 118 valence electrons. The summed E-state index contributed by atoms with van der Waals surface area (Å²) < 4.78 is 5.79. The van der Waals surface area contributed by atoms with Crippen LogP contribution in [0.2, 0.25) is 0 Å². The molecule has 0 atom stereocenters. The van der Waals surface area contributed by atoms with Gasteiger partial charge < -0.3 is 9.64 Å². The normalized spacial score (nSPS) is 23.4. The van der Waals surface area contributed by atoms with Gasteiger partial charge in [0, 0.05) is 19.1 Å². The van der Waals surface area contributed by atoms with Crippen LogP contribution in [0.3, 0.4) is 0 Å². The molecule has 0 aromatic heterocycles. The predicted octanol–water partition coefficient (Wildman–Crippen LogP) is 4.34. The summed E-state index contributed by atoms with van der Waals surface area (Å²) in [5, 5.41) is 0. The minimum absolute atomic E-state index is 0.416. The Bertz CT molecular complexity index is 247. The van der Waals surface area contributed by atoms with Crippen LogP contribution in [0, 0.1) is 17.3 Å². The van der Waals surface area contributed by atoms with Gasteiger partial charge in [-0.25, -0.2) is 0 Å². The first kappa shape index (κ1) is 16.3. The average molecular weight is 281 g/mol. The molecule has 2 fully saturated rings. The first-order chi connectivity index (χ1) is 9.69. The monoisotopic (exact) mass is 281 g/mol. The van der Waals surface area contributed by atoms with Gasteiger partial charge in [-0.2, -0.15) is 0 Å². The van der Waals surface area contributed by atoms with E-state index in [0.29, 0.717) is 5.41 Å². The maximum atomic E-state index is 5.79. The van der Waals surface area contributed by atoms with E-state index in [1.807, 2.05) is 7.11 Å². The number of methoxy groups -OCH3 is 1. The molecule has 2 rings (SSSR count). The van der Waals surface area contributed by atoms with E-state index in [1.165, 1.54) is 70.8 Å². The van der Waals surface area contributed by atoms with Gasteiger partial charge in [0.15, 0.2) is 0 Å². The predicted molar refractivity (Wildman–Crippen MR) is 86.0 cm³/mol. The molecule has 0 aromatic carbocycles. The van der Waals surface area contributed by atoms with E-state index in [2.05, 4.69) is 19.0 Å². The van der Waals surface area contributed by atoms with Gasteiger partial charge in [-0.3, -0.25) is 0 Å². The second-order valence-corrected chi connectivity index (χ2v) is 7.57. The van der Waals surface area contributed by atoms with Crippen molar-refractivity contribution in [1.82, 2.24) is 4.90 Å². The molecule has 2 saturated carbocycles. The highest BCUT2D eigenvalue weighted by Crippen LogP contribution is 2.49. The molecule has 0 aliphatic heterocycles. The molecule has 2 aliphatic carbocycles. The third kappa shape index (κ3) is 3.76. The van der Waals surface area contributed by atoms with Crippen molar-refractivity contribution < 1.29 is 4.74 Å². The summed E-state index contributed by atoms with van der Waals surface area (Å²) >= 11 is 0. The van der Waals surface area contributed by atoms with Crippen molar-refractivity contribution in [2.24, 2.45) is 17.3 Å². The average Bonchev–Trinajstić information content (AvgIpc) is 2.48. The zero-order chi connectivity index (χ0) is 14.4. The zero-order valence-corrected chi connectivity index (χ0v) is 14.0. The van der Waals surface area contributed by atoms with E-state index in [-0.39, 0.29) is 0 Å². The molecule has 0 radical (unpaired) electrons. The standard InChI is InChI=1S/C18H35NO/c1-19(2)14-18(15-20-3,16-10-6-4-7-11-16)17-12-8-5-9-13-17/h16-17H,4-15H2,1-3H3. The van der Waals surface area contributed by atoms with Gasteiger partial charge in [0.1, 0.15) is 0 Å². The van der Waals surface area contributed by atoms with Crippen molar-refractivity contribution in [2.45, 2.75) is 64.2 Å². The molecule has 0 N–H and O–H groups in total. The lowest BCUT2D eigenvalue weighted by molar-refractivity contribution is -0.0586. The van der Waals surface area contributed by atoms with Gasteiger partial charge in [-0.15, -0.1) is 0 Å². The van der Waals surface area contributed by atoms with Crippen molar-refractivity contribution >= 4 is 0 Å². The summed E-state index contributed by atoms with van der Waals surface area (Å²) in [6.07, 6.45) is 14.4. The van der Waals surface area contributed by atoms with E-state index < -0.39 is 0 Å². The Kier molecular flexibility index (Phi) is 6.35. The Balaban J connectivity index is 2.21. The lowest BCUT2D eigenvalue weighted by Gasteiger charge is -2.50. The van der Waals surface area contributed by atoms with Crippen LogP contribution in [-0.2, 0) is 4.74 Å². The smallest absolute Gasteiger partial charge is 0.0536 e. The third-order valence-electron chi connectivity index (χ3n) is 5.86. The fourth-order valence-electron chi connectivity index (χ4n) is 5.09. The van der Waals surface area contributed by atoms with Gasteiger partial charge in [0.05, 0.1) is 6.61 Å². The second kappa shape index (κ2) is 7.79. The molecule has 0 saturated heterocycles. The maximum Gasteiger partial charge on any atom is 0.0536 e. The largest absolute Gasteiger partial charge is 0.384 e. The minimum atomic E-state index is 0.416. The molecule has 0 amide bonds. The van der Waals surface area contributed by atoms with Crippen LogP contribution >= 0.6 is 0 Å². The van der Waals surface area contributed by atoms with Crippen molar-refractivity contribution in [3.8, 4) is 0 Å². The molecule has 2 heteroatoms. The van der Waals surface area contributed by atoms with E-state index in [9.17, 15) is 0 Å². The summed E-state index contributed by atoms with van der Waals surface area (Å²) in [5.41, 5.74) is 0.416. The Morgan fingerprint density at radius 3 is 1.65 bits per heavy atom. The molecular formula is C18H35NO. The number of hydrogen-bond donors (Lipinski definition) is 0. The van der Waals surface area contributed by atoms with Crippen LogP contribution in [0.25, 0.3) is 0 Å². The van der Waals surface area contributed by atoms with Crippen LogP contribution in [-0.4, -0.2) is 39.3 Å². The summed E-state index contributed by atoms with van der Waals surface area (Å²) in [4.78, 5) is 2.42. The topological polar surface area (TPSA) is 12.5 Å². The lowest BCUT2D eigenvalue weighted by Crippen LogP contribution is -2.50. The van der Waals surface area contributed by atoms with Crippen molar-refractivity contribution in [2.75, 3.05) is 34.4 Å². The Morgan fingerprint density at radius 2 is 1.30 bits per heavy atom. The molecule has 0 spiro atoms. The van der Waals surface area contributed by atoms with Crippen LogP contribution in [0.5, 0.6) is 0 Å². The Morgan fingerprint density at radius 1 is 0.850 bits per heavy atom. The van der Waals surface area contributed by atoms with Crippen LogP contribution < -0.4 is 0 Å². The lowest BCUT2D eigenvalue weighted by atomic mass is 9.59. The van der Waals surface area contributed by atoms with Gasteiger partial charge in [0.25, 0.3) is 0 Å². The number of hydrogen-bond acceptors (Lipinski definition) is 2. The van der Waals surface area contributed by atoms with Gasteiger partial charge >= 0.3 is 0 Å². The van der Waals surface area contributed by atoms with E-state index in [4.69, 9.17) is 4.74 Å². The van der Waals surface area contributed by atoms with E-state index in [0.717, 1.165) is 18.4 Å². The van der Waals surface area contributed by atoms with E-state index in [1.54, 1.807) is 0 Å². The first-order valence-electron chi connectivity index (χ1n) is 8.83. The molecule has 0 bridgehead atoms. The zero-order valence-electron chi connectivity index (χ0n) is 14.0. The number of nitrogens with zero attached hydrogens (tertiary/aromatic N) is 1. The SMILES string of the molecule is COCC(CN(C)C)(C1CCCCC1)C1CCCCC1. The minimum Gasteiger partial charge on any atom is -0.384 e. The molecular weight excluding hydrogens is 246 g/mol. The fraction of sp³-hybridized carbons (Fsp3) is 1.00. The summed E-state index contributed by atoms with van der Waals surface area (Å²) in [6.45, 7) is 2.19. The maximum absolute atomic E-state index is 5.79. The molecule has 2 nitrogen and oxygen atoms in total. The molecule has 0 aromatic rings. The van der Waals surface area contributed by atoms with Gasteiger partial charge in [-0.1, -0.05) is 38.5 Å². The highest BCUT2D eigenvalue weighted by atomic mass is 16.5. The number of rotatable bonds is 6. The summed E-state index contributed by atoms with van der Waals surface area (Å²) in [7, 11) is 6.40. The molecule has 0 heterocycles. The van der Waals surface area contributed by atoms with Gasteiger partial charge in [-0.05, 0) is 51.6 Å². The summed E-state index contributed by atoms with van der Waals surface area (Å²) in [6, 6.07) is 0. The van der Waals surface area contributed by atoms with Crippen LogP contribution in [0.15, 0.2) is 0 Å². The first-order valence-corrected chi connectivity index (χ1v) is 8.83.